The fourth-order valence-electron chi connectivity index (χ4n) is 3.39. The lowest BCUT2D eigenvalue weighted by Crippen LogP contribution is -2.39. The van der Waals surface area contributed by atoms with Crippen molar-refractivity contribution in [2.45, 2.75) is 15.8 Å². The van der Waals surface area contributed by atoms with Gasteiger partial charge in [-0.15, -0.1) is 0 Å². The lowest BCUT2D eigenvalue weighted by molar-refractivity contribution is -0.117. The molecule has 1 amide bonds. The molecule has 28 heavy (non-hydrogen) atoms. The number of nitrogens with one attached hydrogen (secondary N) is 1. The number of rotatable bonds is 6. The van der Waals surface area contributed by atoms with E-state index in [4.69, 9.17) is 4.42 Å². The molecular formula is C22H23N3O2S. The highest BCUT2D eigenvalue weighted by Gasteiger charge is 2.27. The topological polar surface area (TPSA) is 48.7 Å². The fourth-order valence-corrected chi connectivity index (χ4v) is 4.44. The first-order chi connectivity index (χ1) is 13.6. The summed E-state index contributed by atoms with van der Waals surface area (Å²) in [5.74, 6) is 0.909. The van der Waals surface area contributed by atoms with Crippen molar-refractivity contribution in [3.63, 3.8) is 0 Å². The number of likely N-dealkylation sites (N-methyl/N-ethyl adjacent to an activating group) is 1. The monoisotopic (exact) mass is 393 g/mol. The van der Waals surface area contributed by atoms with Gasteiger partial charge in [-0.25, -0.2) is 0 Å². The van der Waals surface area contributed by atoms with Gasteiger partial charge in [0.2, 0.25) is 5.91 Å². The highest BCUT2D eigenvalue weighted by atomic mass is 32.2. The minimum atomic E-state index is 0.0251. The molecule has 1 aliphatic heterocycles. The number of para-hydroxylation sites is 2. The Bertz CT molecular complexity index is 910. The lowest BCUT2D eigenvalue weighted by Gasteiger charge is -2.31. The van der Waals surface area contributed by atoms with Crippen molar-refractivity contribution in [1.29, 1.82) is 0 Å². The highest BCUT2D eigenvalue weighted by Crippen LogP contribution is 2.47. The van der Waals surface area contributed by atoms with Crippen LogP contribution in [0.15, 0.2) is 81.1 Å². The summed E-state index contributed by atoms with van der Waals surface area (Å²) in [7, 11) is 4.01. The first-order valence-electron chi connectivity index (χ1n) is 9.24. The number of amides is 1. The second-order valence-electron chi connectivity index (χ2n) is 6.89. The van der Waals surface area contributed by atoms with Crippen molar-refractivity contribution >= 4 is 29.0 Å². The molecule has 1 atom stereocenters. The molecule has 0 saturated heterocycles. The van der Waals surface area contributed by atoms with E-state index in [1.165, 1.54) is 0 Å². The fraction of sp³-hybridized carbons (Fsp3) is 0.227. The molecule has 2 aromatic carbocycles. The van der Waals surface area contributed by atoms with Crippen LogP contribution in [-0.2, 0) is 4.79 Å². The normalized spacial score (nSPS) is 13.9. The zero-order valence-electron chi connectivity index (χ0n) is 16.0. The Kier molecular flexibility index (Phi) is 5.52. The van der Waals surface area contributed by atoms with E-state index in [0.717, 1.165) is 26.9 Å². The molecule has 0 fully saturated rings. The summed E-state index contributed by atoms with van der Waals surface area (Å²) in [5.41, 5.74) is 1.88. The third kappa shape index (κ3) is 3.71. The molecule has 2 heterocycles. The van der Waals surface area contributed by atoms with Crippen LogP contribution < -0.4 is 10.2 Å². The highest BCUT2D eigenvalue weighted by molar-refractivity contribution is 7.99. The van der Waals surface area contributed by atoms with Crippen LogP contribution in [0.25, 0.3) is 0 Å². The van der Waals surface area contributed by atoms with Crippen LogP contribution in [0.4, 0.5) is 11.4 Å². The number of furan rings is 1. The van der Waals surface area contributed by atoms with Crippen LogP contribution in [-0.4, -0.2) is 38.0 Å². The Morgan fingerprint density at radius 1 is 1.04 bits per heavy atom. The Balaban J connectivity index is 1.51. The predicted octanol–water partition coefficient (Wildman–Crippen LogP) is 4.30. The summed E-state index contributed by atoms with van der Waals surface area (Å²) in [5, 5.41) is 3.31. The standard InChI is InChI=1S/C22H23N3O2S/c1-24(2)18(19-10-7-13-27-19)14-23-15-22(26)25-16-8-3-5-11-20(16)28-21-12-6-4-9-17(21)25/h3-13,18,23H,14-15H2,1-2H3. The molecule has 144 valence electrons. The molecule has 1 aromatic heterocycles. The Labute approximate surface area is 169 Å². The van der Waals surface area contributed by atoms with Crippen LogP contribution in [0.2, 0.25) is 0 Å². The smallest absolute Gasteiger partial charge is 0.245 e. The SMILES string of the molecule is CN(C)C(CNCC(=O)N1c2ccccc2Sc2ccccc21)c1ccco1. The van der Waals surface area contributed by atoms with Crippen LogP contribution in [0.3, 0.4) is 0 Å². The second kappa shape index (κ2) is 8.22. The average molecular weight is 394 g/mol. The van der Waals surface area contributed by atoms with Crippen molar-refractivity contribution in [1.82, 2.24) is 10.2 Å². The maximum absolute atomic E-state index is 13.2. The van der Waals surface area contributed by atoms with E-state index in [1.807, 2.05) is 67.5 Å². The van der Waals surface area contributed by atoms with Gasteiger partial charge in [-0.1, -0.05) is 36.0 Å². The Hall–Kier alpha value is -2.54. The van der Waals surface area contributed by atoms with Gasteiger partial charge in [-0.05, 0) is 50.5 Å². The van der Waals surface area contributed by atoms with E-state index in [1.54, 1.807) is 18.0 Å². The second-order valence-corrected chi connectivity index (χ2v) is 7.98. The molecule has 1 N–H and O–H groups in total. The van der Waals surface area contributed by atoms with Crippen molar-refractivity contribution in [2.24, 2.45) is 0 Å². The van der Waals surface area contributed by atoms with Gasteiger partial charge in [0.1, 0.15) is 5.76 Å². The summed E-state index contributed by atoms with van der Waals surface area (Å²) in [6.45, 7) is 0.872. The van der Waals surface area contributed by atoms with Crippen LogP contribution >= 0.6 is 11.8 Å². The molecule has 0 spiro atoms. The average Bonchev–Trinajstić information content (AvgIpc) is 3.23. The molecule has 5 nitrogen and oxygen atoms in total. The number of nitrogens with zero attached hydrogens (tertiary/aromatic N) is 2. The van der Waals surface area contributed by atoms with Crippen molar-refractivity contribution in [2.75, 3.05) is 32.1 Å². The predicted molar refractivity (Wildman–Crippen MR) is 112 cm³/mol. The Morgan fingerprint density at radius 3 is 2.25 bits per heavy atom. The number of carbonyl (C=O) groups excluding carboxylic acids is 1. The first kappa shape index (κ1) is 18.8. The first-order valence-corrected chi connectivity index (χ1v) is 10.1. The maximum Gasteiger partial charge on any atom is 0.245 e. The van der Waals surface area contributed by atoms with Crippen LogP contribution in [0.1, 0.15) is 11.8 Å². The molecule has 0 bridgehead atoms. The zero-order chi connectivity index (χ0) is 19.5. The molecule has 0 aliphatic carbocycles. The number of hydrogen-bond acceptors (Lipinski definition) is 5. The largest absolute Gasteiger partial charge is 0.468 e. The summed E-state index contributed by atoms with van der Waals surface area (Å²) >= 11 is 1.70. The van der Waals surface area contributed by atoms with Gasteiger partial charge < -0.3 is 9.73 Å². The third-order valence-corrected chi connectivity index (χ3v) is 5.92. The maximum atomic E-state index is 13.2. The molecule has 1 unspecified atom stereocenters. The Morgan fingerprint density at radius 2 is 1.68 bits per heavy atom. The van der Waals surface area contributed by atoms with E-state index in [2.05, 4.69) is 22.3 Å². The third-order valence-electron chi connectivity index (χ3n) is 4.79. The van der Waals surface area contributed by atoms with Gasteiger partial charge in [-0.3, -0.25) is 14.6 Å². The van der Waals surface area contributed by atoms with E-state index in [9.17, 15) is 4.79 Å². The van der Waals surface area contributed by atoms with Crippen LogP contribution in [0, 0.1) is 0 Å². The minimum Gasteiger partial charge on any atom is -0.468 e. The van der Waals surface area contributed by atoms with Gasteiger partial charge in [0.15, 0.2) is 0 Å². The number of benzene rings is 2. The summed E-state index contributed by atoms with van der Waals surface area (Å²) in [6, 6.07) is 20.0. The summed E-state index contributed by atoms with van der Waals surface area (Å²) in [4.78, 5) is 19.3. The van der Waals surface area contributed by atoms with E-state index >= 15 is 0 Å². The van der Waals surface area contributed by atoms with Gasteiger partial charge >= 0.3 is 0 Å². The number of hydrogen-bond donors (Lipinski definition) is 1. The molecule has 6 heteroatoms. The molecule has 4 rings (SSSR count). The minimum absolute atomic E-state index is 0.0251. The molecule has 1 aliphatic rings. The summed E-state index contributed by atoms with van der Waals surface area (Å²) in [6.07, 6.45) is 1.68. The zero-order valence-corrected chi connectivity index (χ0v) is 16.8. The number of carbonyl (C=O) groups is 1. The number of anilines is 2. The van der Waals surface area contributed by atoms with Crippen molar-refractivity contribution in [3.8, 4) is 0 Å². The number of fused-ring (bicyclic) bond motifs is 2. The van der Waals surface area contributed by atoms with Gasteiger partial charge in [0.05, 0.1) is 30.2 Å². The van der Waals surface area contributed by atoms with Gasteiger partial charge in [-0.2, -0.15) is 0 Å². The van der Waals surface area contributed by atoms with Crippen molar-refractivity contribution in [3.05, 3.63) is 72.7 Å². The quantitative estimate of drug-likeness (QED) is 0.677. The van der Waals surface area contributed by atoms with Crippen LogP contribution in [0.5, 0.6) is 0 Å². The van der Waals surface area contributed by atoms with Gasteiger partial charge in [0, 0.05) is 16.3 Å². The molecule has 0 radical (unpaired) electrons. The van der Waals surface area contributed by atoms with Crippen molar-refractivity contribution < 1.29 is 9.21 Å². The lowest BCUT2D eigenvalue weighted by atomic mass is 10.2. The summed E-state index contributed by atoms with van der Waals surface area (Å²) < 4.78 is 5.54. The van der Waals surface area contributed by atoms with E-state index in [0.29, 0.717) is 6.54 Å². The molecule has 0 saturated carbocycles. The molecular weight excluding hydrogens is 370 g/mol. The van der Waals surface area contributed by atoms with Gasteiger partial charge in [0.25, 0.3) is 0 Å². The molecule has 3 aromatic rings. The van der Waals surface area contributed by atoms with E-state index < -0.39 is 0 Å². The van der Waals surface area contributed by atoms with E-state index in [-0.39, 0.29) is 18.5 Å².